The van der Waals surface area contributed by atoms with E-state index < -0.39 is 5.76 Å². The quantitative estimate of drug-likeness (QED) is 0.792. The maximum absolute atomic E-state index is 11.1. The normalized spacial score (nSPS) is 15.4. The van der Waals surface area contributed by atoms with Gasteiger partial charge in [0.2, 0.25) is 5.82 Å². The molecule has 0 amide bonds. The number of benzene rings is 1. The number of nitrogens with zero attached hydrogens (tertiary/aromatic N) is 3. The minimum Gasteiger partial charge on any atom is -0.374 e. The Morgan fingerprint density at radius 3 is 2.62 bits per heavy atom. The van der Waals surface area contributed by atoms with E-state index in [0.29, 0.717) is 5.69 Å². The third-order valence-electron chi connectivity index (χ3n) is 4.46. The van der Waals surface area contributed by atoms with E-state index in [0.717, 1.165) is 24.1 Å². The van der Waals surface area contributed by atoms with Crippen molar-refractivity contribution < 1.29 is 9.26 Å². The van der Waals surface area contributed by atoms with Gasteiger partial charge in [-0.2, -0.15) is 0 Å². The summed E-state index contributed by atoms with van der Waals surface area (Å²) in [6.07, 6.45) is 3.56. The Kier molecular flexibility index (Phi) is 3.31. The molecule has 0 radical (unpaired) electrons. The highest BCUT2D eigenvalue weighted by Gasteiger charge is 2.45. The number of rotatable bonds is 4. The Labute approximate surface area is 137 Å². The van der Waals surface area contributed by atoms with E-state index in [2.05, 4.69) is 43.7 Å². The van der Waals surface area contributed by atoms with E-state index in [1.54, 1.807) is 13.2 Å². The zero-order valence-corrected chi connectivity index (χ0v) is 13.4. The molecule has 1 saturated carbocycles. The third-order valence-corrected chi connectivity index (χ3v) is 4.46. The minimum absolute atomic E-state index is 0.111. The molecular weight excluding hydrogens is 308 g/mol. The van der Waals surface area contributed by atoms with Gasteiger partial charge in [-0.05, 0) is 43.0 Å². The average molecular weight is 324 g/mol. The van der Waals surface area contributed by atoms with Crippen molar-refractivity contribution in [1.82, 2.24) is 20.1 Å². The highest BCUT2D eigenvalue weighted by Crippen LogP contribution is 2.50. The van der Waals surface area contributed by atoms with Crippen LogP contribution in [0.2, 0.25) is 0 Å². The largest absolute Gasteiger partial charge is 0.439 e. The smallest absolute Gasteiger partial charge is 0.374 e. The Morgan fingerprint density at radius 2 is 2.00 bits per heavy atom. The van der Waals surface area contributed by atoms with Gasteiger partial charge >= 0.3 is 5.76 Å². The fourth-order valence-electron chi connectivity index (χ4n) is 3.02. The number of hydrogen-bond donors (Lipinski definition) is 1. The lowest BCUT2D eigenvalue weighted by Gasteiger charge is -2.17. The molecule has 24 heavy (non-hydrogen) atoms. The first-order chi connectivity index (χ1) is 11.6. The summed E-state index contributed by atoms with van der Waals surface area (Å²) in [4.78, 5) is 22.0. The van der Waals surface area contributed by atoms with E-state index in [9.17, 15) is 4.79 Å². The molecule has 1 N–H and O–H groups in total. The van der Waals surface area contributed by atoms with Gasteiger partial charge in [0.15, 0.2) is 0 Å². The van der Waals surface area contributed by atoms with Gasteiger partial charge in [0, 0.05) is 12.7 Å². The third kappa shape index (κ3) is 2.43. The highest BCUT2D eigenvalue weighted by atomic mass is 16.5. The van der Waals surface area contributed by atoms with Gasteiger partial charge in [0.1, 0.15) is 12.0 Å². The maximum atomic E-state index is 11.1. The Morgan fingerprint density at radius 1 is 1.21 bits per heavy atom. The SMILES string of the molecule is COC1(c2ccc(-c3cc(-c4noc(=O)[nH]4)ncn3)cc2C)CC1. The molecule has 4 rings (SSSR count). The molecule has 0 spiro atoms. The second kappa shape index (κ2) is 5.38. The van der Waals surface area contributed by atoms with Gasteiger partial charge in [0.05, 0.1) is 11.3 Å². The number of aryl methyl sites for hydroxylation is 1. The molecule has 1 aliphatic rings. The molecule has 1 aromatic carbocycles. The molecule has 0 bridgehead atoms. The summed E-state index contributed by atoms with van der Waals surface area (Å²) in [7, 11) is 1.76. The first kappa shape index (κ1) is 14.8. The van der Waals surface area contributed by atoms with Crippen LogP contribution in [0.25, 0.3) is 22.8 Å². The second-order valence-electron chi connectivity index (χ2n) is 5.96. The van der Waals surface area contributed by atoms with Crippen molar-refractivity contribution in [2.24, 2.45) is 0 Å². The van der Waals surface area contributed by atoms with Crippen molar-refractivity contribution in [2.75, 3.05) is 7.11 Å². The van der Waals surface area contributed by atoms with Crippen LogP contribution in [0, 0.1) is 6.92 Å². The van der Waals surface area contributed by atoms with Crippen molar-refractivity contribution >= 4 is 0 Å². The van der Waals surface area contributed by atoms with Gasteiger partial charge in [-0.25, -0.2) is 14.8 Å². The molecule has 122 valence electrons. The molecule has 0 unspecified atom stereocenters. The monoisotopic (exact) mass is 324 g/mol. The van der Waals surface area contributed by atoms with Crippen LogP contribution in [-0.4, -0.2) is 27.2 Å². The number of ether oxygens (including phenoxy) is 1. The minimum atomic E-state index is -0.611. The van der Waals surface area contributed by atoms with Crippen molar-refractivity contribution in [3.05, 3.63) is 52.3 Å². The van der Waals surface area contributed by atoms with Crippen LogP contribution >= 0.6 is 0 Å². The summed E-state index contributed by atoms with van der Waals surface area (Å²) in [5.74, 6) is -0.326. The van der Waals surface area contributed by atoms with E-state index >= 15 is 0 Å². The number of nitrogens with one attached hydrogen (secondary N) is 1. The predicted octanol–water partition coefficient (Wildman–Crippen LogP) is 2.43. The molecular formula is C17H16N4O3. The standard InChI is InChI=1S/C17H16N4O3/c1-10-7-11(3-4-12(10)17(23-2)5-6-17)13-8-14(19-9-18-13)15-20-16(22)24-21-15/h3-4,7-9H,5-6H2,1-2H3,(H,20,21,22). The van der Waals surface area contributed by atoms with Gasteiger partial charge in [-0.1, -0.05) is 17.3 Å². The van der Waals surface area contributed by atoms with Crippen LogP contribution in [0.15, 0.2) is 39.9 Å². The zero-order valence-electron chi connectivity index (χ0n) is 13.4. The molecule has 2 heterocycles. The van der Waals surface area contributed by atoms with Crippen molar-refractivity contribution in [2.45, 2.75) is 25.4 Å². The highest BCUT2D eigenvalue weighted by molar-refractivity contribution is 5.65. The van der Waals surface area contributed by atoms with E-state index in [-0.39, 0.29) is 11.4 Å². The van der Waals surface area contributed by atoms with Crippen LogP contribution in [0.1, 0.15) is 24.0 Å². The molecule has 1 fully saturated rings. The van der Waals surface area contributed by atoms with Crippen LogP contribution in [0.3, 0.4) is 0 Å². The molecule has 3 aromatic rings. The van der Waals surface area contributed by atoms with Crippen molar-refractivity contribution in [1.29, 1.82) is 0 Å². The summed E-state index contributed by atoms with van der Waals surface area (Å²) in [6, 6.07) is 7.98. The van der Waals surface area contributed by atoms with E-state index in [4.69, 9.17) is 4.74 Å². The number of hydrogen-bond acceptors (Lipinski definition) is 6. The zero-order chi connectivity index (χ0) is 16.7. The summed E-state index contributed by atoms with van der Waals surface area (Å²) < 4.78 is 10.2. The summed E-state index contributed by atoms with van der Waals surface area (Å²) in [5, 5.41) is 3.65. The van der Waals surface area contributed by atoms with Crippen LogP contribution in [-0.2, 0) is 10.3 Å². The molecule has 0 aliphatic heterocycles. The van der Waals surface area contributed by atoms with Crippen molar-refractivity contribution in [3.63, 3.8) is 0 Å². The van der Waals surface area contributed by atoms with Gasteiger partial charge < -0.3 is 4.74 Å². The first-order valence-electron chi connectivity index (χ1n) is 7.66. The van der Waals surface area contributed by atoms with E-state index in [1.807, 2.05) is 6.07 Å². The van der Waals surface area contributed by atoms with Gasteiger partial charge in [-0.3, -0.25) is 9.51 Å². The summed E-state index contributed by atoms with van der Waals surface area (Å²) in [6.45, 7) is 2.08. The fourth-order valence-corrected chi connectivity index (χ4v) is 3.02. The number of aromatic nitrogens is 4. The Hall–Kier alpha value is -2.80. The summed E-state index contributed by atoms with van der Waals surface area (Å²) >= 11 is 0. The number of H-pyrrole nitrogens is 1. The first-order valence-corrected chi connectivity index (χ1v) is 7.66. The molecule has 2 aromatic heterocycles. The molecule has 7 heteroatoms. The lowest BCUT2D eigenvalue weighted by molar-refractivity contribution is 0.0784. The number of methoxy groups -OCH3 is 1. The average Bonchev–Trinajstić information content (AvgIpc) is 3.28. The molecule has 0 atom stereocenters. The van der Waals surface area contributed by atoms with Crippen LogP contribution in [0.5, 0.6) is 0 Å². The molecule has 7 nitrogen and oxygen atoms in total. The Balaban J connectivity index is 1.72. The summed E-state index contributed by atoms with van der Waals surface area (Å²) in [5.41, 5.74) is 4.51. The number of aromatic amines is 1. The van der Waals surface area contributed by atoms with Crippen molar-refractivity contribution in [3.8, 4) is 22.8 Å². The maximum Gasteiger partial charge on any atom is 0.439 e. The Bertz CT molecular complexity index is 956. The van der Waals surface area contributed by atoms with E-state index in [1.165, 1.54) is 17.5 Å². The lowest BCUT2D eigenvalue weighted by atomic mass is 9.97. The molecule has 1 aliphatic carbocycles. The van der Waals surface area contributed by atoms with Gasteiger partial charge in [0.25, 0.3) is 0 Å². The second-order valence-corrected chi connectivity index (χ2v) is 5.96. The predicted molar refractivity (Wildman–Crippen MR) is 86.2 cm³/mol. The van der Waals surface area contributed by atoms with Gasteiger partial charge in [-0.15, -0.1) is 0 Å². The lowest BCUT2D eigenvalue weighted by Crippen LogP contribution is -2.10. The topological polar surface area (TPSA) is 93.9 Å². The molecule has 0 saturated heterocycles. The van der Waals surface area contributed by atoms with Crippen LogP contribution in [0.4, 0.5) is 0 Å². The fraction of sp³-hybridized carbons (Fsp3) is 0.294. The van der Waals surface area contributed by atoms with Crippen LogP contribution < -0.4 is 5.76 Å².